The summed E-state index contributed by atoms with van der Waals surface area (Å²) in [6.45, 7) is -0.0742. The number of halogens is 3. The largest absolute Gasteiger partial charge is 0.488 e. The lowest BCUT2D eigenvalue weighted by Gasteiger charge is -2.26. The average Bonchev–Trinajstić information content (AvgIpc) is 2.88. The molecule has 4 aromatic rings. The number of imide groups is 2. The van der Waals surface area contributed by atoms with Crippen molar-refractivity contribution in [3.63, 3.8) is 0 Å². The van der Waals surface area contributed by atoms with Gasteiger partial charge in [-0.1, -0.05) is 71.7 Å². The summed E-state index contributed by atoms with van der Waals surface area (Å²) in [5.41, 5.74) is 0.621. The highest BCUT2D eigenvalue weighted by Gasteiger charge is 2.37. The lowest BCUT2D eigenvalue weighted by atomic mass is 9.99. The van der Waals surface area contributed by atoms with Gasteiger partial charge in [0.05, 0.1) is 15.7 Å². The van der Waals surface area contributed by atoms with Crippen molar-refractivity contribution in [2.45, 2.75) is 6.61 Å². The van der Waals surface area contributed by atoms with Crippen LogP contribution in [0.3, 0.4) is 0 Å². The van der Waals surface area contributed by atoms with E-state index >= 15 is 0 Å². The number of nitrogens with zero attached hydrogens (tertiary/aromatic N) is 1. The van der Waals surface area contributed by atoms with Crippen LogP contribution in [0.25, 0.3) is 16.8 Å². The Balaban J connectivity index is 1.59. The van der Waals surface area contributed by atoms with E-state index in [2.05, 4.69) is 5.32 Å². The van der Waals surface area contributed by atoms with Gasteiger partial charge in [0.1, 0.15) is 23.7 Å². The average molecular weight is 535 g/mol. The Morgan fingerprint density at radius 2 is 1.65 bits per heavy atom. The van der Waals surface area contributed by atoms with Gasteiger partial charge >= 0.3 is 6.03 Å². The van der Waals surface area contributed by atoms with Gasteiger partial charge in [0.25, 0.3) is 11.8 Å². The van der Waals surface area contributed by atoms with Crippen molar-refractivity contribution >= 4 is 63.6 Å². The molecule has 1 aliphatic heterocycles. The van der Waals surface area contributed by atoms with Crippen molar-refractivity contribution in [1.82, 2.24) is 5.32 Å². The van der Waals surface area contributed by atoms with Crippen LogP contribution in [0.15, 0.2) is 84.4 Å². The lowest BCUT2D eigenvalue weighted by Crippen LogP contribution is -2.54. The standard InChI is InChI=1S/C28H17Cl2FN2O4/c29-22-11-10-18(13-23(22)30)33-27(35)21(26(34)32-28(33)36)14-20-19-7-3-1-5-16(19)9-12-25(20)37-15-17-6-2-4-8-24(17)31/h1-14H,15H2,(H,32,34,36)/b21-14+. The van der Waals surface area contributed by atoms with Gasteiger partial charge < -0.3 is 4.74 Å². The summed E-state index contributed by atoms with van der Waals surface area (Å²) in [6.07, 6.45) is 1.37. The van der Waals surface area contributed by atoms with Crippen LogP contribution < -0.4 is 15.0 Å². The smallest absolute Gasteiger partial charge is 0.335 e. The van der Waals surface area contributed by atoms with Gasteiger partial charge in [-0.15, -0.1) is 0 Å². The van der Waals surface area contributed by atoms with Crippen LogP contribution in [0.5, 0.6) is 5.75 Å². The van der Waals surface area contributed by atoms with Crippen molar-refractivity contribution in [3.8, 4) is 5.75 Å². The van der Waals surface area contributed by atoms with Crippen molar-refractivity contribution < 1.29 is 23.5 Å². The Morgan fingerprint density at radius 3 is 2.43 bits per heavy atom. The summed E-state index contributed by atoms with van der Waals surface area (Å²) in [5.74, 6) is -1.80. The monoisotopic (exact) mass is 534 g/mol. The summed E-state index contributed by atoms with van der Waals surface area (Å²) in [5, 5.41) is 4.09. The third kappa shape index (κ3) is 4.79. The number of hydrogen-bond acceptors (Lipinski definition) is 4. The first kappa shape index (κ1) is 24.5. The van der Waals surface area contributed by atoms with Crippen LogP contribution >= 0.6 is 23.2 Å². The minimum absolute atomic E-state index is 0.0742. The molecule has 1 aliphatic rings. The van der Waals surface area contributed by atoms with Gasteiger partial charge in [-0.3, -0.25) is 14.9 Å². The maximum absolute atomic E-state index is 14.2. The first-order valence-corrected chi connectivity index (χ1v) is 11.8. The zero-order chi connectivity index (χ0) is 26.1. The second-order valence-corrected chi connectivity index (χ2v) is 8.95. The normalized spacial score (nSPS) is 14.8. The molecule has 184 valence electrons. The number of fused-ring (bicyclic) bond motifs is 1. The van der Waals surface area contributed by atoms with Crippen molar-refractivity contribution in [3.05, 3.63) is 111 Å². The Kier molecular flexibility index (Phi) is 6.65. The number of nitrogens with one attached hydrogen (secondary N) is 1. The lowest BCUT2D eigenvalue weighted by molar-refractivity contribution is -0.122. The third-order valence-corrected chi connectivity index (χ3v) is 6.56. The van der Waals surface area contributed by atoms with Crippen LogP contribution in [0, 0.1) is 5.82 Å². The number of ether oxygens (including phenoxy) is 1. The number of anilines is 1. The molecule has 5 rings (SSSR count). The van der Waals surface area contributed by atoms with Crippen LogP contribution in [0.4, 0.5) is 14.9 Å². The Bertz CT molecular complexity index is 1620. The molecule has 4 amide bonds. The number of urea groups is 1. The molecule has 0 aromatic heterocycles. The predicted molar refractivity (Wildman–Crippen MR) is 140 cm³/mol. The predicted octanol–water partition coefficient (Wildman–Crippen LogP) is 6.53. The number of barbiturate groups is 1. The van der Waals surface area contributed by atoms with Gasteiger partial charge in [-0.25, -0.2) is 14.1 Å². The first-order chi connectivity index (χ1) is 17.8. The van der Waals surface area contributed by atoms with E-state index in [0.717, 1.165) is 10.3 Å². The van der Waals surface area contributed by atoms with E-state index in [1.807, 2.05) is 24.3 Å². The maximum atomic E-state index is 14.2. The second kappa shape index (κ2) is 10.0. The van der Waals surface area contributed by atoms with E-state index in [0.29, 0.717) is 22.3 Å². The molecule has 1 saturated heterocycles. The molecule has 0 aliphatic carbocycles. The van der Waals surface area contributed by atoms with E-state index in [-0.39, 0.29) is 27.9 Å². The zero-order valence-corrected chi connectivity index (χ0v) is 20.5. The number of amides is 4. The highest BCUT2D eigenvalue weighted by molar-refractivity contribution is 6.43. The topological polar surface area (TPSA) is 75.7 Å². The number of carbonyl (C=O) groups excluding carboxylic acids is 3. The Labute approximate surface area is 220 Å². The molecular formula is C28H17Cl2FN2O4. The highest BCUT2D eigenvalue weighted by Crippen LogP contribution is 2.33. The van der Waals surface area contributed by atoms with Crippen molar-refractivity contribution in [1.29, 1.82) is 0 Å². The van der Waals surface area contributed by atoms with E-state index < -0.39 is 23.7 Å². The molecule has 0 unspecified atom stereocenters. The molecule has 0 saturated carbocycles. The molecule has 4 aromatic carbocycles. The maximum Gasteiger partial charge on any atom is 0.335 e. The van der Waals surface area contributed by atoms with Crippen LogP contribution in [0.2, 0.25) is 10.0 Å². The molecule has 0 atom stereocenters. The van der Waals surface area contributed by atoms with Crippen molar-refractivity contribution in [2.75, 3.05) is 4.90 Å². The molecule has 0 bridgehead atoms. The molecule has 1 heterocycles. The minimum atomic E-state index is -0.917. The minimum Gasteiger partial charge on any atom is -0.488 e. The summed E-state index contributed by atoms with van der Waals surface area (Å²) in [4.78, 5) is 39.6. The van der Waals surface area contributed by atoms with Gasteiger partial charge in [0, 0.05) is 11.1 Å². The van der Waals surface area contributed by atoms with Crippen LogP contribution in [0.1, 0.15) is 11.1 Å². The fraction of sp³-hybridized carbons (Fsp3) is 0.0357. The summed E-state index contributed by atoms with van der Waals surface area (Å²) in [6, 6.07) is 20.4. The van der Waals surface area contributed by atoms with Crippen LogP contribution in [-0.2, 0) is 16.2 Å². The van der Waals surface area contributed by atoms with E-state index in [1.54, 1.807) is 30.3 Å². The third-order valence-electron chi connectivity index (χ3n) is 5.82. The number of hydrogen-bond donors (Lipinski definition) is 1. The summed E-state index contributed by atoms with van der Waals surface area (Å²) in [7, 11) is 0. The fourth-order valence-electron chi connectivity index (χ4n) is 3.98. The molecule has 6 nitrogen and oxygen atoms in total. The number of carbonyl (C=O) groups is 3. The Morgan fingerprint density at radius 1 is 0.892 bits per heavy atom. The fourth-order valence-corrected chi connectivity index (χ4v) is 4.27. The Hall–Kier alpha value is -4.20. The summed E-state index contributed by atoms with van der Waals surface area (Å²) >= 11 is 12.0. The van der Waals surface area contributed by atoms with Gasteiger partial charge in [-0.05, 0) is 47.2 Å². The highest BCUT2D eigenvalue weighted by atomic mass is 35.5. The molecule has 0 spiro atoms. The quantitative estimate of drug-likeness (QED) is 0.233. The van der Waals surface area contributed by atoms with Gasteiger partial charge in [0.15, 0.2) is 0 Å². The molecule has 37 heavy (non-hydrogen) atoms. The SMILES string of the molecule is O=C1NC(=O)N(c2ccc(Cl)c(Cl)c2)C(=O)/C1=C/c1c(OCc2ccccc2F)ccc2ccccc12. The molecule has 1 N–H and O–H groups in total. The van der Waals surface area contributed by atoms with Crippen LogP contribution in [-0.4, -0.2) is 17.8 Å². The molecule has 0 radical (unpaired) electrons. The van der Waals surface area contributed by atoms with Gasteiger partial charge in [-0.2, -0.15) is 0 Å². The van der Waals surface area contributed by atoms with Gasteiger partial charge in [0.2, 0.25) is 0 Å². The number of benzene rings is 4. The summed E-state index contributed by atoms with van der Waals surface area (Å²) < 4.78 is 20.1. The first-order valence-electron chi connectivity index (χ1n) is 11.1. The number of rotatable bonds is 5. The van der Waals surface area contributed by atoms with E-state index in [4.69, 9.17) is 27.9 Å². The van der Waals surface area contributed by atoms with E-state index in [1.165, 1.54) is 30.3 Å². The second-order valence-electron chi connectivity index (χ2n) is 8.13. The zero-order valence-electron chi connectivity index (χ0n) is 19.0. The van der Waals surface area contributed by atoms with Crippen molar-refractivity contribution in [2.24, 2.45) is 0 Å². The molecule has 9 heteroatoms. The van der Waals surface area contributed by atoms with E-state index in [9.17, 15) is 18.8 Å². The molecular weight excluding hydrogens is 518 g/mol. The molecule has 1 fully saturated rings.